The Labute approximate surface area is 107 Å². The molecule has 2 aliphatic carbocycles. The monoisotopic (exact) mass is 252 g/mol. The third kappa shape index (κ3) is 1.40. The number of amides is 1. The van der Waals surface area contributed by atoms with Crippen molar-refractivity contribution in [3.8, 4) is 16.9 Å². The van der Waals surface area contributed by atoms with Crippen molar-refractivity contribution in [1.29, 1.82) is 0 Å². The van der Waals surface area contributed by atoms with Crippen molar-refractivity contribution in [1.82, 2.24) is 15.2 Å². The summed E-state index contributed by atoms with van der Waals surface area (Å²) in [6, 6.07) is 6.97. The highest BCUT2D eigenvalue weighted by atomic mass is 16.3. The van der Waals surface area contributed by atoms with E-state index in [1.54, 1.807) is 6.07 Å². The normalized spacial score (nSPS) is 11.6. The molecule has 2 heterocycles. The fraction of sp³-hybridized carbons (Fsp3) is 0. The van der Waals surface area contributed by atoms with Gasteiger partial charge >= 0.3 is 0 Å². The number of aromatic nitrogens is 3. The highest BCUT2D eigenvalue weighted by Gasteiger charge is 2.25. The molecule has 0 fully saturated rings. The van der Waals surface area contributed by atoms with Crippen LogP contribution in [0.3, 0.4) is 0 Å². The van der Waals surface area contributed by atoms with Crippen LogP contribution in [-0.2, 0) is 0 Å². The second-order valence-electron chi connectivity index (χ2n) is 4.34. The summed E-state index contributed by atoms with van der Waals surface area (Å²) in [5.41, 5.74) is 3.40. The van der Waals surface area contributed by atoms with E-state index in [0.717, 1.165) is 22.0 Å². The molecule has 2 aromatic heterocycles. The molecule has 0 saturated heterocycles. The van der Waals surface area contributed by atoms with Crippen LogP contribution in [0, 0.1) is 0 Å². The topological polar surface area (TPSA) is 90.9 Å². The molecule has 4 rings (SSSR count). The zero-order valence-corrected chi connectivity index (χ0v) is 9.64. The van der Waals surface area contributed by atoms with Crippen molar-refractivity contribution in [3.05, 3.63) is 36.2 Å². The summed E-state index contributed by atoms with van der Waals surface area (Å²) in [7, 11) is 0. The lowest BCUT2D eigenvalue weighted by molar-refractivity contribution is 0.102. The Morgan fingerprint density at radius 1 is 1.37 bits per heavy atom. The van der Waals surface area contributed by atoms with E-state index in [2.05, 4.69) is 20.5 Å². The van der Waals surface area contributed by atoms with Gasteiger partial charge in [0.25, 0.3) is 5.91 Å². The van der Waals surface area contributed by atoms with E-state index in [-0.39, 0.29) is 17.5 Å². The highest BCUT2D eigenvalue weighted by molar-refractivity contribution is 6.17. The summed E-state index contributed by atoms with van der Waals surface area (Å²) in [5.74, 6) is -0.316. The van der Waals surface area contributed by atoms with Gasteiger partial charge in [0.15, 0.2) is 11.6 Å². The first-order chi connectivity index (χ1) is 9.24. The van der Waals surface area contributed by atoms with Gasteiger partial charge in [0.05, 0.1) is 0 Å². The molecule has 6 heteroatoms. The standard InChI is InChI=1S/C13H8N4O2/c18-9-2-1-3-14-12(9)15-13(19)11-8-5-6-4-7(6)10(8)16-17-11/h1-5,18H,(H,16,17)(H,14,15,19). The van der Waals surface area contributed by atoms with Crippen molar-refractivity contribution in [3.63, 3.8) is 0 Å². The number of hydrogen-bond donors (Lipinski definition) is 3. The average molecular weight is 252 g/mol. The molecule has 0 bridgehead atoms. The van der Waals surface area contributed by atoms with Gasteiger partial charge in [-0.2, -0.15) is 5.10 Å². The molecule has 0 spiro atoms. The maximum absolute atomic E-state index is 12.1. The second kappa shape index (κ2) is 3.32. The maximum atomic E-state index is 12.1. The number of benzene rings is 1. The molecule has 6 nitrogen and oxygen atoms in total. The van der Waals surface area contributed by atoms with Crippen LogP contribution in [0.15, 0.2) is 30.5 Å². The van der Waals surface area contributed by atoms with E-state index >= 15 is 0 Å². The van der Waals surface area contributed by atoms with E-state index < -0.39 is 0 Å². The molecule has 92 valence electrons. The maximum Gasteiger partial charge on any atom is 0.275 e. The molecule has 0 aliphatic heterocycles. The Balaban J connectivity index is 1.70. The summed E-state index contributed by atoms with van der Waals surface area (Å²) < 4.78 is 0. The van der Waals surface area contributed by atoms with Gasteiger partial charge in [0.1, 0.15) is 11.2 Å². The quantitative estimate of drug-likeness (QED) is 0.508. The number of carbonyl (C=O) groups excluding carboxylic acids is 1. The number of rotatable bonds is 2. The molecule has 0 unspecified atom stereocenters. The molecule has 0 aromatic carbocycles. The van der Waals surface area contributed by atoms with E-state index in [4.69, 9.17) is 0 Å². The fourth-order valence-electron chi connectivity index (χ4n) is 2.13. The lowest BCUT2D eigenvalue weighted by Crippen LogP contribution is -2.13. The van der Waals surface area contributed by atoms with E-state index in [9.17, 15) is 9.90 Å². The van der Waals surface area contributed by atoms with Gasteiger partial charge in [-0.15, -0.1) is 0 Å². The van der Waals surface area contributed by atoms with Gasteiger partial charge in [-0.25, -0.2) is 4.98 Å². The first kappa shape index (κ1) is 10.1. The van der Waals surface area contributed by atoms with Gasteiger partial charge in [0, 0.05) is 17.1 Å². The number of carbonyl (C=O) groups is 1. The van der Waals surface area contributed by atoms with Crippen LogP contribution in [0.2, 0.25) is 0 Å². The number of fused-ring (bicyclic) bond motifs is 3. The third-order valence-corrected chi connectivity index (χ3v) is 3.13. The zero-order valence-electron chi connectivity index (χ0n) is 9.64. The van der Waals surface area contributed by atoms with Crippen molar-refractivity contribution < 1.29 is 9.90 Å². The molecule has 3 N–H and O–H groups in total. The van der Waals surface area contributed by atoms with Crippen LogP contribution < -0.4 is 5.32 Å². The SMILES string of the molecule is O=C(Nc1ncccc1O)c1[nH]nc2c3cc-3cc12. The second-order valence-corrected chi connectivity index (χ2v) is 4.34. The molecule has 0 saturated carbocycles. The van der Waals surface area contributed by atoms with E-state index in [1.807, 2.05) is 12.1 Å². The van der Waals surface area contributed by atoms with Crippen molar-refractivity contribution in [2.24, 2.45) is 0 Å². The smallest absolute Gasteiger partial charge is 0.275 e. The Kier molecular flexibility index (Phi) is 1.76. The Morgan fingerprint density at radius 3 is 3.11 bits per heavy atom. The summed E-state index contributed by atoms with van der Waals surface area (Å²) in [6.07, 6.45) is 1.49. The van der Waals surface area contributed by atoms with E-state index in [0.29, 0.717) is 5.69 Å². The molecular formula is C13H8N4O2. The minimum absolute atomic E-state index is 0.0732. The number of nitrogens with zero attached hydrogens (tertiary/aromatic N) is 2. The molecular weight excluding hydrogens is 244 g/mol. The summed E-state index contributed by atoms with van der Waals surface area (Å²) in [5, 5.41) is 19.8. The Hall–Kier alpha value is -2.89. The molecule has 0 radical (unpaired) electrons. The van der Waals surface area contributed by atoms with Gasteiger partial charge in [0.2, 0.25) is 0 Å². The summed E-state index contributed by atoms with van der Waals surface area (Å²) >= 11 is 0. The van der Waals surface area contributed by atoms with Crippen LogP contribution in [0.4, 0.5) is 5.82 Å². The molecule has 1 amide bonds. The minimum atomic E-state index is -0.374. The lowest BCUT2D eigenvalue weighted by atomic mass is 10.2. The number of anilines is 1. The minimum Gasteiger partial charge on any atom is -0.504 e. The number of hydrogen-bond acceptors (Lipinski definition) is 4. The average Bonchev–Trinajstić information content (AvgIpc) is 2.89. The number of pyridine rings is 1. The molecule has 2 aromatic rings. The van der Waals surface area contributed by atoms with Crippen LogP contribution >= 0.6 is 0 Å². The van der Waals surface area contributed by atoms with Gasteiger partial charge in [-0.05, 0) is 29.8 Å². The van der Waals surface area contributed by atoms with Crippen LogP contribution in [0.25, 0.3) is 22.0 Å². The first-order valence-corrected chi connectivity index (χ1v) is 5.72. The van der Waals surface area contributed by atoms with Crippen molar-refractivity contribution >= 4 is 22.6 Å². The highest BCUT2D eigenvalue weighted by Crippen LogP contribution is 2.43. The number of aromatic amines is 1. The predicted molar refractivity (Wildman–Crippen MR) is 68.9 cm³/mol. The summed E-state index contributed by atoms with van der Waals surface area (Å²) in [6.45, 7) is 0. The zero-order chi connectivity index (χ0) is 13.0. The molecule has 2 aliphatic rings. The number of aromatic hydroxyl groups is 1. The fourth-order valence-corrected chi connectivity index (χ4v) is 2.13. The van der Waals surface area contributed by atoms with Gasteiger partial charge < -0.3 is 10.4 Å². The van der Waals surface area contributed by atoms with Crippen LogP contribution in [0.5, 0.6) is 5.75 Å². The predicted octanol–water partition coefficient (Wildman–Crippen LogP) is 1.90. The number of H-pyrrole nitrogens is 1. The third-order valence-electron chi connectivity index (χ3n) is 3.13. The summed E-state index contributed by atoms with van der Waals surface area (Å²) in [4.78, 5) is 16.0. The Bertz CT molecular complexity index is 838. The molecule has 19 heavy (non-hydrogen) atoms. The van der Waals surface area contributed by atoms with Gasteiger partial charge in [-0.3, -0.25) is 9.89 Å². The number of nitrogens with one attached hydrogen (secondary N) is 2. The van der Waals surface area contributed by atoms with E-state index in [1.165, 1.54) is 12.3 Å². The van der Waals surface area contributed by atoms with Gasteiger partial charge in [-0.1, -0.05) is 0 Å². The Morgan fingerprint density at radius 2 is 2.26 bits per heavy atom. The van der Waals surface area contributed by atoms with Crippen molar-refractivity contribution in [2.75, 3.05) is 5.32 Å². The lowest BCUT2D eigenvalue weighted by Gasteiger charge is -2.04. The molecule has 0 atom stereocenters. The first-order valence-electron chi connectivity index (χ1n) is 5.72. The van der Waals surface area contributed by atoms with Crippen LogP contribution in [0.1, 0.15) is 10.5 Å². The van der Waals surface area contributed by atoms with Crippen LogP contribution in [-0.4, -0.2) is 26.2 Å². The van der Waals surface area contributed by atoms with Crippen molar-refractivity contribution in [2.45, 2.75) is 0 Å². The largest absolute Gasteiger partial charge is 0.504 e.